The second kappa shape index (κ2) is 4.50. The van der Waals surface area contributed by atoms with Crippen molar-refractivity contribution >= 4 is 0 Å². The summed E-state index contributed by atoms with van der Waals surface area (Å²) in [6.07, 6.45) is 2.97. The molecule has 0 N–H and O–H groups in total. The number of rotatable bonds is 3. The summed E-state index contributed by atoms with van der Waals surface area (Å²) in [5.41, 5.74) is 0.893. The number of hydrogen-bond acceptors (Lipinski definition) is 0. The van der Waals surface area contributed by atoms with Gasteiger partial charge in [-0.2, -0.15) is 0 Å². The Bertz CT molecular complexity index is 464. The van der Waals surface area contributed by atoms with E-state index in [1.54, 1.807) is 12.2 Å². The van der Waals surface area contributed by atoms with Crippen molar-refractivity contribution in [3.8, 4) is 0 Å². The van der Waals surface area contributed by atoms with E-state index in [4.69, 9.17) is 6.85 Å². The largest absolute Gasteiger partial charge is 0.201 e. The van der Waals surface area contributed by atoms with Gasteiger partial charge in [-0.1, -0.05) is 18.7 Å². The van der Waals surface area contributed by atoms with Crippen LogP contribution in [0.15, 0.2) is 54.8 Å². The third-order valence-corrected chi connectivity index (χ3v) is 1.42. The van der Waals surface area contributed by atoms with Gasteiger partial charge >= 0.3 is 0 Å². The molecule has 1 heteroatoms. The van der Waals surface area contributed by atoms with Gasteiger partial charge < -0.3 is 0 Å². The van der Waals surface area contributed by atoms with Crippen LogP contribution in [-0.2, 0) is 6.54 Å². The Morgan fingerprint density at radius 3 is 2.75 bits per heavy atom. The molecule has 0 aliphatic heterocycles. The summed E-state index contributed by atoms with van der Waals surface area (Å²) >= 11 is 0. The van der Waals surface area contributed by atoms with Crippen LogP contribution < -0.4 is 4.57 Å². The highest BCUT2D eigenvalue weighted by atomic mass is 14.9. The predicted molar refractivity (Wildman–Crippen MR) is 50.6 cm³/mol. The third-order valence-electron chi connectivity index (χ3n) is 1.42. The zero-order valence-corrected chi connectivity index (χ0v) is 7.02. The molecule has 0 fully saturated rings. The lowest BCUT2D eigenvalue weighted by Crippen LogP contribution is -2.31. The molecule has 0 saturated carbocycles. The first kappa shape index (κ1) is 4.04. The normalized spacial score (nSPS) is 17.1. The molecule has 1 aromatic heterocycles. The molecule has 62 valence electrons. The van der Waals surface area contributed by atoms with Crippen LogP contribution >= 0.6 is 0 Å². The second-order valence-corrected chi connectivity index (χ2v) is 2.36. The molecule has 0 saturated heterocycles. The highest BCUT2D eigenvalue weighted by Gasteiger charge is 1.92. The summed E-state index contributed by atoms with van der Waals surface area (Å²) in [6, 6.07) is -1.02. The lowest BCUT2D eigenvalue weighted by atomic mass is 10.3. The molecule has 0 amide bonds. The van der Waals surface area contributed by atoms with Crippen molar-refractivity contribution in [3.05, 3.63) is 54.8 Å². The van der Waals surface area contributed by atoms with Crippen LogP contribution in [0.4, 0.5) is 0 Å². The molecule has 0 atom stereocenters. The fraction of sp³-hybridized carbons (Fsp3) is 0.182. The summed E-state index contributed by atoms with van der Waals surface area (Å²) in [4.78, 5) is 0. The van der Waals surface area contributed by atoms with Gasteiger partial charge in [-0.05, 0) is 18.6 Å². The van der Waals surface area contributed by atoms with Gasteiger partial charge in [0, 0.05) is 12.1 Å². The minimum absolute atomic E-state index is 0.218. The Morgan fingerprint density at radius 2 is 2.17 bits per heavy atom. The van der Waals surface area contributed by atoms with Crippen molar-refractivity contribution in [2.75, 3.05) is 0 Å². The fourth-order valence-electron chi connectivity index (χ4n) is 0.660. The summed E-state index contributed by atoms with van der Waals surface area (Å²) in [6.45, 7) is 5.66. The van der Waals surface area contributed by atoms with Gasteiger partial charge in [0.1, 0.15) is 2.74 Å². The van der Waals surface area contributed by atoms with E-state index in [9.17, 15) is 0 Å². The lowest BCUT2D eigenvalue weighted by Gasteiger charge is -1.91. The number of hydrogen-bond donors (Lipinski definition) is 0. The van der Waals surface area contributed by atoms with Crippen LogP contribution in [0.3, 0.4) is 0 Å². The highest BCUT2D eigenvalue weighted by molar-refractivity contribution is 5.11. The Balaban J connectivity index is 3.30. The molecule has 1 heterocycles. The van der Waals surface area contributed by atoms with E-state index in [1.807, 2.05) is 6.92 Å². The van der Waals surface area contributed by atoms with Gasteiger partial charge in [0.2, 0.25) is 0 Å². The van der Waals surface area contributed by atoms with E-state index in [-0.39, 0.29) is 37.0 Å². The summed E-state index contributed by atoms with van der Waals surface area (Å²) in [5, 5.41) is 0. The molecular weight excluding hydrogens is 146 g/mol. The molecule has 12 heavy (non-hydrogen) atoms. The van der Waals surface area contributed by atoms with Crippen LogP contribution in [0, 0.1) is 0 Å². The monoisotopic (exact) mass is 165 g/mol. The maximum atomic E-state index is 7.67. The van der Waals surface area contributed by atoms with Gasteiger partial charge in [-0.25, -0.2) is 4.57 Å². The molecule has 0 bridgehead atoms. The molecule has 1 rings (SSSR count). The van der Waals surface area contributed by atoms with E-state index in [0.29, 0.717) is 0 Å². The SMILES string of the molecule is [2H]c1c([2H])c([2H])[n+](C/C=C(\C)C=C)c([2H])c1[2H]. The summed E-state index contributed by atoms with van der Waals surface area (Å²) in [5.74, 6) is 0. The molecule has 1 aromatic rings. The topological polar surface area (TPSA) is 3.88 Å². The maximum absolute atomic E-state index is 7.67. The summed E-state index contributed by atoms with van der Waals surface area (Å²) in [7, 11) is 0. The number of allylic oxidation sites excluding steroid dienone is 3. The Morgan fingerprint density at radius 1 is 1.50 bits per heavy atom. The van der Waals surface area contributed by atoms with Crippen molar-refractivity contribution < 1.29 is 11.4 Å². The molecule has 0 aliphatic carbocycles. The molecule has 0 aromatic carbocycles. The third kappa shape index (κ3) is 2.70. The van der Waals surface area contributed by atoms with Crippen LogP contribution in [0.5, 0.6) is 0 Å². The van der Waals surface area contributed by atoms with Gasteiger partial charge in [-0.3, -0.25) is 0 Å². The van der Waals surface area contributed by atoms with Crippen molar-refractivity contribution in [1.82, 2.24) is 0 Å². The molecule has 0 spiro atoms. The Hall–Kier alpha value is -1.37. The molecule has 0 aliphatic rings. The highest BCUT2D eigenvalue weighted by Crippen LogP contribution is 1.91. The standard InChI is InChI=1S/C11H14N/c1-3-11(2)7-10-12-8-5-4-6-9-12/h3-9H,1,10H2,2H3/q+1/b11-7+/i4D,5D,6D,8D,9D. The minimum atomic E-state index is -0.374. The quantitative estimate of drug-likeness (QED) is 0.477. The van der Waals surface area contributed by atoms with E-state index in [0.717, 1.165) is 5.57 Å². The van der Waals surface area contributed by atoms with Crippen molar-refractivity contribution in [2.45, 2.75) is 13.5 Å². The predicted octanol–water partition coefficient (Wildman–Crippen LogP) is 2.11. The number of nitrogens with zero attached hydrogens (tertiary/aromatic N) is 1. The van der Waals surface area contributed by atoms with Gasteiger partial charge in [0.25, 0.3) is 0 Å². The maximum Gasteiger partial charge on any atom is 0.169 e. The molecule has 0 radical (unpaired) electrons. The van der Waals surface area contributed by atoms with Gasteiger partial charge in [0.05, 0.1) is 4.11 Å². The Kier molecular flexibility index (Phi) is 1.51. The van der Waals surface area contributed by atoms with E-state index >= 15 is 0 Å². The zero-order valence-electron chi connectivity index (χ0n) is 12.0. The molecular formula is C11H14N+. The van der Waals surface area contributed by atoms with Gasteiger partial charge in [0.15, 0.2) is 18.9 Å². The van der Waals surface area contributed by atoms with Gasteiger partial charge in [-0.15, -0.1) is 0 Å². The molecule has 1 nitrogen and oxygen atoms in total. The van der Waals surface area contributed by atoms with Crippen LogP contribution in [0.2, 0.25) is 0 Å². The van der Waals surface area contributed by atoms with E-state index in [1.165, 1.54) is 4.57 Å². The molecule has 0 unspecified atom stereocenters. The Labute approximate surface area is 80.7 Å². The van der Waals surface area contributed by atoms with E-state index < -0.39 is 0 Å². The summed E-state index contributed by atoms with van der Waals surface area (Å²) < 4.78 is 39.0. The first-order valence-electron chi connectivity index (χ1n) is 6.16. The lowest BCUT2D eigenvalue weighted by molar-refractivity contribution is -0.687. The van der Waals surface area contributed by atoms with Crippen LogP contribution in [0.25, 0.3) is 0 Å². The second-order valence-electron chi connectivity index (χ2n) is 2.36. The van der Waals surface area contributed by atoms with Crippen molar-refractivity contribution in [3.63, 3.8) is 0 Å². The van der Waals surface area contributed by atoms with Crippen LogP contribution in [-0.4, -0.2) is 0 Å². The first-order chi connectivity index (χ1) is 7.90. The smallest absolute Gasteiger partial charge is 0.169 e. The fourth-order valence-corrected chi connectivity index (χ4v) is 0.660. The zero-order chi connectivity index (χ0) is 13.2. The van der Waals surface area contributed by atoms with Crippen molar-refractivity contribution in [2.24, 2.45) is 0 Å². The first-order valence-corrected chi connectivity index (χ1v) is 3.66. The minimum Gasteiger partial charge on any atom is -0.201 e. The number of pyridine rings is 1. The van der Waals surface area contributed by atoms with Crippen LogP contribution in [0.1, 0.15) is 13.8 Å². The average molecular weight is 165 g/mol. The van der Waals surface area contributed by atoms with Crippen molar-refractivity contribution in [1.29, 1.82) is 0 Å². The van der Waals surface area contributed by atoms with E-state index in [2.05, 4.69) is 6.58 Å². The average Bonchev–Trinajstić information content (AvgIpc) is 2.33. The number of aromatic nitrogens is 1.